The molecule has 1 aromatic carbocycles. The van der Waals surface area contributed by atoms with Crippen molar-refractivity contribution in [3.05, 3.63) is 28.2 Å². The highest BCUT2D eigenvalue weighted by Crippen LogP contribution is 2.31. The molecule has 4 nitrogen and oxygen atoms in total. The molecule has 5 heteroatoms. The predicted molar refractivity (Wildman–Crippen MR) is 86.5 cm³/mol. The first kappa shape index (κ1) is 15.2. The van der Waals surface area contributed by atoms with Gasteiger partial charge in [-0.15, -0.1) is 0 Å². The predicted octanol–water partition coefficient (Wildman–Crippen LogP) is 3.56. The van der Waals surface area contributed by atoms with Crippen LogP contribution in [-0.4, -0.2) is 24.1 Å². The van der Waals surface area contributed by atoms with Crippen LogP contribution in [0.3, 0.4) is 0 Å². The van der Waals surface area contributed by atoms with Crippen molar-refractivity contribution in [2.24, 2.45) is 16.8 Å². The SMILES string of the molecule is CC1CCC(N(C)c2ccc(/C(N)=N/O)c(Br)c2)CC1. The van der Waals surface area contributed by atoms with Crippen LogP contribution in [-0.2, 0) is 0 Å². The molecule has 0 unspecified atom stereocenters. The molecule has 0 radical (unpaired) electrons. The standard InChI is InChI=1S/C15H22BrN3O/c1-10-3-5-11(6-4-10)19(2)12-7-8-13(14(16)9-12)15(17)18-20/h7-11,20H,3-6H2,1-2H3,(H2,17,18). The van der Waals surface area contributed by atoms with Crippen LogP contribution < -0.4 is 10.6 Å². The fourth-order valence-corrected chi connectivity index (χ4v) is 3.40. The Morgan fingerprint density at radius 3 is 2.55 bits per heavy atom. The molecule has 0 aliphatic heterocycles. The first-order valence-electron chi connectivity index (χ1n) is 7.03. The Balaban J connectivity index is 2.15. The summed E-state index contributed by atoms with van der Waals surface area (Å²) in [6, 6.07) is 6.55. The van der Waals surface area contributed by atoms with Crippen LogP contribution in [0.5, 0.6) is 0 Å². The van der Waals surface area contributed by atoms with E-state index in [1.165, 1.54) is 25.7 Å². The van der Waals surface area contributed by atoms with Gasteiger partial charge >= 0.3 is 0 Å². The van der Waals surface area contributed by atoms with Crippen LogP contribution in [0.15, 0.2) is 27.8 Å². The molecule has 1 aliphatic rings. The van der Waals surface area contributed by atoms with Gasteiger partial charge in [0.15, 0.2) is 5.84 Å². The highest BCUT2D eigenvalue weighted by molar-refractivity contribution is 9.10. The van der Waals surface area contributed by atoms with E-state index in [1.54, 1.807) is 0 Å². The summed E-state index contributed by atoms with van der Waals surface area (Å²) in [6.45, 7) is 2.33. The second-order valence-electron chi connectivity index (χ2n) is 5.67. The number of rotatable bonds is 3. The Morgan fingerprint density at radius 1 is 1.35 bits per heavy atom. The van der Waals surface area contributed by atoms with E-state index in [-0.39, 0.29) is 5.84 Å². The Bertz CT molecular complexity index is 496. The summed E-state index contributed by atoms with van der Waals surface area (Å²) in [5.41, 5.74) is 7.50. The fourth-order valence-electron chi connectivity index (χ4n) is 2.83. The fraction of sp³-hybridized carbons (Fsp3) is 0.533. The molecule has 110 valence electrons. The normalized spacial score (nSPS) is 23.6. The number of nitrogens with zero attached hydrogens (tertiary/aromatic N) is 2. The zero-order valence-electron chi connectivity index (χ0n) is 12.0. The minimum Gasteiger partial charge on any atom is -0.409 e. The van der Waals surface area contributed by atoms with Gasteiger partial charge in [-0.3, -0.25) is 0 Å². The molecular weight excluding hydrogens is 318 g/mol. The molecule has 1 fully saturated rings. The monoisotopic (exact) mass is 339 g/mol. The maximum Gasteiger partial charge on any atom is 0.171 e. The van der Waals surface area contributed by atoms with Crippen LogP contribution in [0, 0.1) is 5.92 Å². The molecule has 0 bridgehead atoms. The van der Waals surface area contributed by atoms with Gasteiger partial charge in [-0.25, -0.2) is 0 Å². The van der Waals surface area contributed by atoms with Crippen molar-refractivity contribution in [2.45, 2.75) is 38.6 Å². The Labute approximate surface area is 128 Å². The molecular formula is C15H22BrN3O. The molecule has 20 heavy (non-hydrogen) atoms. The lowest BCUT2D eigenvalue weighted by molar-refractivity contribution is 0.318. The van der Waals surface area contributed by atoms with Crippen LogP contribution in [0.1, 0.15) is 38.2 Å². The maximum absolute atomic E-state index is 8.75. The van der Waals surface area contributed by atoms with E-state index in [0.29, 0.717) is 11.6 Å². The second kappa shape index (κ2) is 6.48. The number of nitrogens with two attached hydrogens (primary N) is 1. The molecule has 0 saturated heterocycles. The maximum atomic E-state index is 8.75. The van der Waals surface area contributed by atoms with Crippen molar-refractivity contribution in [1.29, 1.82) is 0 Å². The van der Waals surface area contributed by atoms with E-state index < -0.39 is 0 Å². The van der Waals surface area contributed by atoms with E-state index >= 15 is 0 Å². The van der Waals surface area contributed by atoms with Gasteiger partial charge in [0.2, 0.25) is 0 Å². The molecule has 2 rings (SSSR count). The third-order valence-electron chi connectivity index (χ3n) is 4.28. The largest absolute Gasteiger partial charge is 0.409 e. The van der Waals surface area contributed by atoms with Crippen LogP contribution >= 0.6 is 15.9 Å². The summed E-state index contributed by atoms with van der Waals surface area (Å²) in [5.74, 6) is 0.979. The number of amidine groups is 1. The van der Waals surface area contributed by atoms with Gasteiger partial charge in [0.05, 0.1) is 0 Å². The second-order valence-corrected chi connectivity index (χ2v) is 6.53. The van der Waals surface area contributed by atoms with Crippen LogP contribution in [0.4, 0.5) is 5.69 Å². The number of oxime groups is 1. The molecule has 1 saturated carbocycles. The molecule has 0 aromatic heterocycles. The highest BCUT2D eigenvalue weighted by atomic mass is 79.9. The number of halogens is 1. The zero-order valence-corrected chi connectivity index (χ0v) is 13.6. The van der Waals surface area contributed by atoms with Crippen LogP contribution in [0.2, 0.25) is 0 Å². The van der Waals surface area contributed by atoms with Gasteiger partial charge < -0.3 is 15.8 Å². The van der Waals surface area contributed by atoms with Gasteiger partial charge in [0, 0.05) is 28.8 Å². The Morgan fingerprint density at radius 2 is 2.00 bits per heavy atom. The van der Waals surface area contributed by atoms with Gasteiger partial charge in [-0.05, 0) is 65.7 Å². The number of hydrogen-bond acceptors (Lipinski definition) is 3. The summed E-state index contributed by atoms with van der Waals surface area (Å²) in [7, 11) is 2.14. The molecule has 1 aliphatic carbocycles. The van der Waals surface area contributed by atoms with Crippen molar-refractivity contribution in [3.8, 4) is 0 Å². The third kappa shape index (κ3) is 3.26. The van der Waals surface area contributed by atoms with Crippen molar-refractivity contribution in [1.82, 2.24) is 0 Å². The average molecular weight is 340 g/mol. The van der Waals surface area contributed by atoms with E-state index in [2.05, 4.69) is 40.0 Å². The molecule has 0 atom stereocenters. The van der Waals surface area contributed by atoms with E-state index in [4.69, 9.17) is 10.9 Å². The number of benzene rings is 1. The smallest absolute Gasteiger partial charge is 0.171 e. The van der Waals surface area contributed by atoms with Crippen LogP contribution in [0.25, 0.3) is 0 Å². The zero-order chi connectivity index (χ0) is 14.7. The first-order chi connectivity index (χ1) is 9.52. The Hall–Kier alpha value is -1.23. The lowest BCUT2D eigenvalue weighted by Gasteiger charge is -2.35. The van der Waals surface area contributed by atoms with Crippen molar-refractivity contribution < 1.29 is 5.21 Å². The average Bonchev–Trinajstić information content (AvgIpc) is 2.46. The van der Waals surface area contributed by atoms with E-state index in [1.807, 2.05) is 18.2 Å². The molecule has 0 amide bonds. The molecule has 1 aromatic rings. The molecule has 3 N–H and O–H groups in total. The summed E-state index contributed by atoms with van der Waals surface area (Å²) in [4.78, 5) is 2.34. The highest BCUT2D eigenvalue weighted by Gasteiger charge is 2.22. The van der Waals surface area contributed by atoms with Gasteiger partial charge in [0.25, 0.3) is 0 Å². The first-order valence-corrected chi connectivity index (χ1v) is 7.82. The molecule has 0 heterocycles. The quantitative estimate of drug-likeness (QED) is 0.383. The summed E-state index contributed by atoms with van der Waals surface area (Å²) in [5, 5.41) is 11.8. The van der Waals surface area contributed by atoms with E-state index in [9.17, 15) is 0 Å². The number of hydrogen-bond donors (Lipinski definition) is 2. The summed E-state index contributed by atoms with van der Waals surface area (Å²) < 4.78 is 0.848. The minimum atomic E-state index is 0.123. The van der Waals surface area contributed by atoms with Gasteiger partial charge in [-0.2, -0.15) is 0 Å². The van der Waals surface area contributed by atoms with E-state index in [0.717, 1.165) is 16.1 Å². The van der Waals surface area contributed by atoms with Gasteiger partial charge in [0.1, 0.15) is 0 Å². The lowest BCUT2D eigenvalue weighted by Crippen LogP contribution is -2.34. The third-order valence-corrected chi connectivity index (χ3v) is 4.93. The van der Waals surface area contributed by atoms with Crippen molar-refractivity contribution in [3.63, 3.8) is 0 Å². The summed E-state index contributed by atoms with van der Waals surface area (Å²) >= 11 is 3.49. The van der Waals surface area contributed by atoms with Crippen molar-refractivity contribution in [2.75, 3.05) is 11.9 Å². The molecule has 0 spiro atoms. The minimum absolute atomic E-state index is 0.123. The summed E-state index contributed by atoms with van der Waals surface area (Å²) in [6.07, 6.45) is 5.10. The topological polar surface area (TPSA) is 61.8 Å². The number of anilines is 1. The van der Waals surface area contributed by atoms with Crippen molar-refractivity contribution >= 4 is 27.5 Å². The van der Waals surface area contributed by atoms with Gasteiger partial charge in [-0.1, -0.05) is 12.1 Å². The Kier molecular flexibility index (Phi) is 4.91. The lowest BCUT2D eigenvalue weighted by atomic mass is 9.86.